The Morgan fingerprint density at radius 3 is 2.88 bits per heavy atom. The zero-order valence-corrected chi connectivity index (χ0v) is 4.44. The van der Waals surface area contributed by atoms with Gasteiger partial charge in [0.2, 0.25) is 5.91 Å². The van der Waals surface area contributed by atoms with Crippen molar-refractivity contribution >= 4 is 5.91 Å². The van der Waals surface area contributed by atoms with E-state index in [1.165, 1.54) is 0 Å². The minimum absolute atomic E-state index is 0.0127. The third kappa shape index (κ3) is 0.992. The van der Waals surface area contributed by atoms with Gasteiger partial charge in [0.05, 0.1) is 13.0 Å². The van der Waals surface area contributed by atoms with E-state index in [1.54, 1.807) is 0 Å². The van der Waals surface area contributed by atoms with Crippen LogP contribution < -0.4 is 5.32 Å². The Morgan fingerprint density at radius 1 is 1.75 bits per heavy atom. The number of carbonyl (C=O) groups excluding carboxylic acids is 1. The molecule has 8 heavy (non-hydrogen) atoms. The van der Waals surface area contributed by atoms with Crippen LogP contribution >= 0.6 is 0 Å². The van der Waals surface area contributed by atoms with E-state index in [-0.39, 0.29) is 5.91 Å². The highest BCUT2D eigenvalue weighted by atomic mass is 16.5. The zero-order valence-electron chi connectivity index (χ0n) is 4.44. The van der Waals surface area contributed by atoms with Gasteiger partial charge < -0.3 is 4.74 Å². The first-order valence-corrected chi connectivity index (χ1v) is 2.40. The van der Waals surface area contributed by atoms with Crippen LogP contribution in [0.4, 0.5) is 0 Å². The van der Waals surface area contributed by atoms with Crippen molar-refractivity contribution in [3.63, 3.8) is 0 Å². The predicted molar refractivity (Wildman–Crippen MR) is 27.9 cm³/mol. The van der Waals surface area contributed by atoms with E-state index < -0.39 is 0 Å². The number of hydrogen-bond donors (Lipinski definition) is 1. The minimum atomic E-state index is -0.0127. The SMILES string of the molecule is C=C1NC(=O)CCO1. The lowest BCUT2D eigenvalue weighted by molar-refractivity contribution is -0.124. The Balaban J connectivity index is 2.45. The molecule has 1 aliphatic rings. The Bertz CT molecular complexity index is 116. The summed E-state index contributed by atoms with van der Waals surface area (Å²) in [6.07, 6.45) is 0.443. The standard InChI is InChI=1S/C5H7NO2/c1-4-6-5(7)2-3-8-4/h1-3H2,(H,6,7). The minimum Gasteiger partial charge on any atom is -0.479 e. The van der Waals surface area contributed by atoms with Crippen LogP contribution in [0.5, 0.6) is 0 Å². The smallest absolute Gasteiger partial charge is 0.230 e. The van der Waals surface area contributed by atoms with Gasteiger partial charge in [0.1, 0.15) is 0 Å². The fraction of sp³-hybridized carbons (Fsp3) is 0.400. The maximum Gasteiger partial charge on any atom is 0.230 e. The van der Waals surface area contributed by atoms with Crippen molar-refractivity contribution in [2.75, 3.05) is 6.61 Å². The fourth-order valence-electron chi connectivity index (χ4n) is 0.521. The molecule has 0 saturated carbocycles. The molecule has 1 fully saturated rings. The van der Waals surface area contributed by atoms with E-state index in [4.69, 9.17) is 4.74 Å². The largest absolute Gasteiger partial charge is 0.479 e. The van der Waals surface area contributed by atoms with Gasteiger partial charge in [-0.25, -0.2) is 0 Å². The van der Waals surface area contributed by atoms with Crippen molar-refractivity contribution in [1.82, 2.24) is 5.32 Å². The van der Waals surface area contributed by atoms with Crippen molar-refractivity contribution in [2.45, 2.75) is 6.42 Å². The van der Waals surface area contributed by atoms with Gasteiger partial charge in [0.25, 0.3) is 0 Å². The summed E-state index contributed by atoms with van der Waals surface area (Å²) in [5.74, 6) is 0.350. The van der Waals surface area contributed by atoms with E-state index in [0.29, 0.717) is 18.9 Å². The number of amides is 1. The second-order valence-corrected chi connectivity index (χ2v) is 1.57. The molecule has 0 unspecified atom stereocenters. The number of hydrogen-bond acceptors (Lipinski definition) is 2. The molecule has 0 aromatic carbocycles. The van der Waals surface area contributed by atoms with Gasteiger partial charge in [-0.3, -0.25) is 10.1 Å². The van der Waals surface area contributed by atoms with E-state index in [2.05, 4.69) is 11.9 Å². The summed E-state index contributed by atoms with van der Waals surface area (Å²) in [5.41, 5.74) is 0. The summed E-state index contributed by atoms with van der Waals surface area (Å²) in [4.78, 5) is 10.4. The molecule has 1 aliphatic heterocycles. The highest BCUT2D eigenvalue weighted by Gasteiger charge is 2.09. The topological polar surface area (TPSA) is 38.3 Å². The average molecular weight is 113 g/mol. The van der Waals surface area contributed by atoms with Crippen molar-refractivity contribution in [3.05, 3.63) is 12.5 Å². The maximum atomic E-state index is 10.4. The third-order valence-electron chi connectivity index (χ3n) is 0.884. The Morgan fingerprint density at radius 2 is 2.50 bits per heavy atom. The van der Waals surface area contributed by atoms with E-state index in [9.17, 15) is 4.79 Å². The van der Waals surface area contributed by atoms with Gasteiger partial charge in [-0.1, -0.05) is 0 Å². The third-order valence-corrected chi connectivity index (χ3v) is 0.884. The van der Waals surface area contributed by atoms with Crippen LogP contribution in [0, 0.1) is 0 Å². The molecule has 0 radical (unpaired) electrons. The van der Waals surface area contributed by atoms with Crippen LogP contribution in [-0.4, -0.2) is 12.5 Å². The number of rotatable bonds is 0. The second-order valence-electron chi connectivity index (χ2n) is 1.57. The molecule has 1 heterocycles. The number of ether oxygens (including phenoxy) is 1. The first-order valence-electron chi connectivity index (χ1n) is 2.40. The molecule has 0 bridgehead atoms. The fourth-order valence-corrected chi connectivity index (χ4v) is 0.521. The molecule has 0 atom stereocenters. The van der Waals surface area contributed by atoms with E-state index >= 15 is 0 Å². The van der Waals surface area contributed by atoms with Crippen molar-refractivity contribution in [1.29, 1.82) is 0 Å². The van der Waals surface area contributed by atoms with E-state index in [0.717, 1.165) is 0 Å². The molecule has 3 heteroatoms. The molecule has 1 N–H and O–H groups in total. The van der Waals surface area contributed by atoms with E-state index in [1.807, 2.05) is 0 Å². The first-order chi connectivity index (χ1) is 3.79. The molecule has 0 aromatic rings. The van der Waals surface area contributed by atoms with Gasteiger partial charge in [-0.15, -0.1) is 0 Å². The van der Waals surface area contributed by atoms with Crippen molar-refractivity contribution < 1.29 is 9.53 Å². The van der Waals surface area contributed by atoms with Crippen molar-refractivity contribution in [2.24, 2.45) is 0 Å². The maximum absolute atomic E-state index is 10.4. The van der Waals surface area contributed by atoms with Crippen LogP contribution in [0.3, 0.4) is 0 Å². The molecule has 1 amide bonds. The lowest BCUT2D eigenvalue weighted by Crippen LogP contribution is -2.29. The molecule has 1 rings (SSSR count). The number of carbonyl (C=O) groups is 1. The van der Waals surface area contributed by atoms with Gasteiger partial charge in [-0.2, -0.15) is 0 Å². The average Bonchev–Trinajstić information content (AvgIpc) is 1.64. The number of nitrogens with one attached hydrogen (secondary N) is 1. The molecule has 0 aromatic heterocycles. The quantitative estimate of drug-likeness (QED) is 0.480. The van der Waals surface area contributed by atoms with Gasteiger partial charge in [0.15, 0.2) is 5.88 Å². The molecule has 1 saturated heterocycles. The normalized spacial score (nSPS) is 19.5. The lowest BCUT2D eigenvalue weighted by Gasteiger charge is -2.14. The second kappa shape index (κ2) is 1.86. The van der Waals surface area contributed by atoms with Crippen LogP contribution in [0.2, 0.25) is 0 Å². The first kappa shape index (κ1) is 5.15. The summed E-state index contributed by atoms with van der Waals surface area (Å²) in [6, 6.07) is 0. The summed E-state index contributed by atoms with van der Waals surface area (Å²) in [6.45, 7) is 3.87. The molecular weight excluding hydrogens is 106 g/mol. The monoisotopic (exact) mass is 113 g/mol. The molecular formula is C5H7NO2. The lowest BCUT2D eigenvalue weighted by atomic mass is 10.4. The molecule has 0 spiro atoms. The highest BCUT2D eigenvalue weighted by Crippen LogP contribution is 1.97. The van der Waals surface area contributed by atoms with Crippen LogP contribution in [0.1, 0.15) is 6.42 Å². The van der Waals surface area contributed by atoms with Gasteiger partial charge in [0, 0.05) is 0 Å². The van der Waals surface area contributed by atoms with Crippen molar-refractivity contribution in [3.8, 4) is 0 Å². The van der Waals surface area contributed by atoms with Crippen LogP contribution in [0.25, 0.3) is 0 Å². The highest BCUT2D eigenvalue weighted by molar-refractivity contribution is 5.78. The zero-order chi connectivity index (χ0) is 5.98. The summed E-state index contributed by atoms with van der Waals surface area (Å²) >= 11 is 0. The van der Waals surface area contributed by atoms with Crippen LogP contribution in [0.15, 0.2) is 12.5 Å². The summed E-state index contributed by atoms with van der Waals surface area (Å²) < 4.78 is 4.82. The van der Waals surface area contributed by atoms with Gasteiger partial charge >= 0.3 is 0 Å². The van der Waals surface area contributed by atoms with Gasteiger partial charge in [-0.05, 0) is 6.58 Å². The van der Waals surface area contributed by atoms with Crippen LogP contribution in [-0.2, 0) is 9.53 Å². The predicted octanol–water partition coefficient (Wildman–Crippen LogP) is -0.00590. The Kier molecular flexibility index (Phi) is 1.20. The molecule has 3 nitrogen and oxygen atoms in total. The Hall–Kier alpha value is -0.990. The Labute approximate surface area is 47.3 Å². The molecule has 0 aliphatic carbocycles. The molecule has 44 valence electrons. The summed E-state index contributed by atoms with van der Waals surface area (Å²) in [5, 5.41) is 2.42. The summed E-state index contributed by atoms with van der Waals surface area (Å²) in [7, 11) is 0.